The molecular formula is C26H23N7O3S. The van der Waals surface area contributed by atoms with Crippen molar-refractivity contribution in [2.75, 3.05) is 5.32 Å². The fourth-order valence-corrected chi connectivity index (χ4v) is 6.13. The van der Waals surface area contributed by atoms with Gasteiger partial charge in [-0.05, 0) is 55.0 Å². The van der Waals surface area contributed by atoms with Crippen LogP contribution < -0.4 is 16.4 Å². The number of hydrogen-bond donors (Lipinski definition) is 2. The Bertz CT molecular complexity index is 1760. The molecule has 0 aliphatic heterocycles. The lowest BCUT2D eigenvalue weighted by atomic mass is 9.97. The summed E-state index contributed by atoms with van der Waals surface area (Å²) in [7, 11) is 1.65. The first-order valence-electron chi connectivity index (χ1n) is 11.9. The first-order valence-corrected chi connectivity index (χ1v) is 12.7. The Hall–Kier alpha value is -4.22. The lowest BCUT2D eigenvalue weighted by Gasteiger charge is -2.15. The average Bonchev–Trinajstić information content (AvgIpc) is 3.31. The predicted octanol–water partition coefficient (Wildman–Crippen LogP) is 3.11. The van der Waals surface area contributed by atoms with Crippen molar-refractivity contribution in [3.05, 3.63) is 86.0 Å². The molecular weight excluding hydrogens is 490 g/mol. The van der Waals surface area contributed by atoms with E-state index in [9.17, 15) is 14.7 Å². The van der Waals surface area contributed by atoms with E-state index in [1.165, 1.54) is 37.4 Å². The summed E-state index contributed by atoms with van der Waals surface area (Å²) < 4.78 is 3.38. The van der Waals surface area contributed by atoms with Gasteiger partial charge in [-0.25, -0.2) is 15.0 Å². The number of aromatic nitrogens is 6. The summed E-state index contributed by atoms with van der Waals surface area (Å²) in [6.45, 7) is -0.372. The van der Waals surface area contributed by atoms with Gasteiger partial charge < -0.3 is 15.0 Å². The lowest BCUT2D eigenvalue weighted by molar-refractivity contribution is 0.281. The lowest BCUT2D eigenvalue weighted by Crippen LogP contribution is -2.23. The van der Waals surface area contributed by atoms with E-state index in [0.717, 1.165) is 31.1 Å². The molecule has 0 aromatic carbocycles. The molecule has 1 aliphatic rings. The van der Waals surface area contributed by atoms with Crippen molar-refractivity contribution in [1.82, 2.24) is 29.3 Å². The highest BCUT2D eigenvalue weighted by Crippen LogP contribution is 2.35. The molecule has 0 radical (unpaired) electrons. The zero-order valence-electron chi connectivity index (χ0n) is 20.0. The molecule has 0 atom stereocenters. The maximum atomic E-state index is 13.5. The van der Waals surface area contributed by atoms with Crippen LogP contribution >= 0.6 is 11.3 Å². The van der Waals surface area contributed by atoms with Crippen LogP contribution in [0.4, 0.5) is 11.5 Å². The summed E-state index contributed by atoms with van der Waals surface area (Å²) in [5.41, 5.74) is 2.78. The van der Waals surface area contributed by atoms with Crippen LogP contribution in [0.1, 0.15) is 28.8 Å². The Labute approximate surface area is 214 Å². The van der Waals surface area contributed by atoms with Gasteiger partial charge in [-0.1, -0.05) is 0 Å². The van der Waals surface area contributed by atoms with Gasteiger partial charge in [0, 0.05) is 47.0 Å². The molecule has 1 aliphatic carbocycles. The van der Waals surface area contributed by atoms with Crippen molar-refractivity contribution in [2.24, 2.45) is 7.05 Å². The molecule has 5 aromatic rings. The second kappa shape index (κ2) is 9.34. The number of pyridine rings is 2. The Morgan fingerprint density at radius 2 is 1.97 bits per heavy atom. The molecule has 0 spiro atoms. The number of nitrogens with zero attached hydrogens (tertiary/aromatic N) is 6. The summed E-state index contributed by atoms with van der Waals surface area (Å²) in [5.74, 6) is 0.738. The van der Waals surface area contributed by atoms with Crippen LogP contribution in [0.5, 0.6) is 0 Å². The van der Waals surface area contributed by atoms with E-state index in [1.54, 1.807) is 50.0 Å². The summed E-state index contributed by atoms with van der Waals surface area (Å²) in [4.78, 5) is 40.0. The summed E-state index contributed by atoms with van der Waals surface area (Å²) in [5, 5.41) is 18.8. The molecule has 0 saturated carbocycles. The third kappa shape index (κ3) is 4.02. The fourth-order valence-electron chi connectivity index (χ4n) is 4.84. The standard InChI is InChI=1S/C26H23N7O3S/c1-32-12-15(10-20(25(32)35)31-22-7-8-27-14-29-22)16-6-9-28-24(19(16)13-34)33-26(36)23-18(11-30-33)17-4-2-3-5-21(17)37-23/h6-12,14,34H,2-5,13H2,1H3,(H,27,29,31). The van der Waals surface area contributed by atoms with Crippen LogP contribution in [0.15, 0.2) is 58.9 Å². The first kappa shape index (κ1) is 23.2. The number of fused-ring (bicyclic) bond motifs is 3. The second-order valence-electron chi connectivity index (χ2n) is 8.91. The minimum Gasteiger partial charge on any atom is -0.392 e. The number of thiophene rings is 1. The van der Waals surface area contributed by atoms with Gasteiger partial charge in [-0.15, -0.1) is 11.3 Å². The second-order valence-corrected chi connectivity index (χ2v) is 10.0. The van der Waals surface area contributed by atoms with Crippen molar-refractivity contribution < 1.29 is 5.11 Å². The highest BCUT2D eigenvalue weighted by atomic mass is 32.1. The molecule has 186 valence electrons. The molecule has 0 amide bonds. The molecule has 37 heavy (non-hydrogen) atoms. The number of aliphatic hydroxyl groups excluding tert-OH is 1. The summed E-state index contributed by atoms with van der Waals surface area (Å²) >= 11 is 1.54. The minimum absolute atomic E-state index is 0.243. The highest BCUT2D eigenvalue weighted by molar-refractivity contribution is 7.19. The number of hydrogen-bond acceptors (Lipinski definition) is 9. The monoisotopic (exact) mass is 513 g/mol. The van der Waals surface area contributed by atoms with Crippen molar-refractivity contribution in [3.8, 4) is 16.9 Å². The zero-order valence-corrected chi connectivity index (χ0v) is 20.8. The molecule has 10 nitrogen and oxygen atoms in total. The predicted molar refractivity (Wildman–Crippen MR) is 142 cm³/mol. The van der Waals surface area contributed by atoms with Gasteiger partial charge in [0.2, 0.25) is 0 Å². The number of aliphatic hydroxyl groups is 1. The van der Waals surface area contributed by atoms with Gasteiger partial charge in [-0.3, -0.25) is 9.59 Å². The topological polar surface area (TPSA) is 128 Å². The highest BCUT2D eigenvalue weighted by Gasteiger charge is 2.22. The quantitative estimate of drug-likeness (QED) is 0.367. The Balaban J connectivity index is 1.49. The third-order valence-electron chi connectivity index (χ3n) is 6.63. The first-order chi connectivity index (χ1) is 18.0. The Morgan fingerprint density at radius 1 is 1.11 bits per heavy atom. The van der Waals surface area contributed by atoms with Crippen LogP contribution in [-0.4, -0.2) is 34.4 Å². The van der Waals surface area contributed by atoms with E-state index in [0.29, 0.717) is 32.9 Å². The molecule has 0 fully saturated rings. The van der Waals surface area contributed by atoms with Gasteiger partial charge in [0.25, 0.3) is 11.1 Å². The average molecular weight is 514 g/mol. The number of rotatable bonds is 5. The number of aryl methyl sites for hydroxylation is 3. The van der Waals surface area contributed by atoms with E-state index in [2.05, 4.69) is 25.4 Å². The zero-order chi connectivity index (χ0) is 25.5. The van der Waals surface area contributed by atoms with Crippen molar-refractivity contribution >= 4 is 32.9 Å². The molecule has 5 aromatic heterocycles. The molecule has 5 heterocycles. The van der Waals surface area contributed by atoms with Crippen LogP contribution in [-0.2, 0) is 26.5 Å². The number of anilines is 2. The normalized spacial score (nSPS) is 13.0. The van der Waals surface area contributed by atoms with Crippen molar-refractivity contribution in [2.45, 2.75) is 32.3 Å². The smallest absolute Gasteiger partial charge is 0.290 e. The van der Waals surface area contributed by atoms with Gasteiger partial charge in [-0.2, -0.15) is 9.78 Å². The maximum absolute atomic E-state index is 13.5. The van der Waals surface area contributed by atoms with Crippen LogP contribution in [0.2, 0.25) is 0 Å². The maximum Gasteiger partial charge on any atom is 0.290 e. The Morgan fingerprint density at radius 3 is 2.78 bits per heavy atom. The van der Waals surface area contributed by atoms with Crippen LogP contribution in [0.3, 0.4) is 0 Å². The van der Waals surface area contributed by atoms with E-state index in [1.807, 2.05) is 0 Å². The molecule has 11 heteroatoms. The van der Waals surface area contributed by atoms with E-state index < -0.39 is 0 Å². The fraction of sp³-hybridized carbons (Fsp3) is 0.231. The molecule has 2 N–H and O–H groups in total. The van der Waals surface area contributed by atoms with Gasteiger partial charge in [0.05, 0.1) is 12.8 Å². The minimum atomic E-state index is -0.372. The molecule has 6 rings (SSSR count). The van der Waals surface area contributed by atoms with E-state index in [4.69, 9.17) is 0 Å². The van der Waals surface area contributed by atoms with Crippen LogP contribution in [0, 0.1) is 0 Å². The third-order valence-corrected chi connectivity index (χ3v) is 7.93. The van der Waals surface area contributed by atoms with Gasteiger partial charge in [0.15, 0.2) is 5.82 Å². The van der Waals surface area contributed by atoms with E-state index >= 15 is 0 Å². The SMILES string of the molecule is Cn1cc(-c2ccnc(-n3ncc4c5c(sc4c3=O)CCCC5)c2CO)cc(Nc2ccncn2)c1=O. The molecule has 0 unspecified atom stereocenters. The number of nitrogens with one attached hydrogen (secondary N) is 1. The summed E-state index contributed by atoms with van der Waals surface area (Å²) in [6.07, 6.45) is 12.2. The van der Waals surface area contributed by atoms with Gasteiger partial charge in [0.1, 0.15) is 22.5 Å². The van der Waals surface area contributed by atoms with Crippen molar-refractivity contribution in [1.29, 1.82) is 0 Å². The Kier molecular flexibility index (Phi) is 5.85. The van der Waals surface area contributed by atoms with E-state index in [-0.39, 0.29) is 23.5 Å². The van der Waals surface area contributed by atoms with Gasteiger partial charge >= 0.3 is 0 Å². The summed E-state index contributed by atoms with van der Waals surface area (Å²) in [6, 6.07) is 5.10. The van der Waals surface area contributed by atoms with Crippen molar-refractivity contribution in [3.63, 3.8) is 0 Å². The largest absolute Gasteiger partial charge is 0.392 e. The molecule has 0 saturated heterocycles. The molecule has 0 bridgehead atoms. The van der Waals surface area contributed by atoms with Crippen LogP contribution in [0.25, 0.3) is 27.0 Å².